The minimum atomic E-state index is -4.50. The number of aldehydes is 2. The zero-order valence-electron chi connectivity index (χ0n) is 25.3. The third kappa shape index (κ3) is 7.65. The number of amides is 1. The Labute approximate surface area is 259 Å². The maximum absolute atomic E-state index is 15.0. The van der Waals surface area contributed by atoms with Crippen LogP contribution in [0.1, 0.15) is 27.0 Å². The van der Waals surface area contributed by atoms with Crippen molar-refractivity contribution in [2.45, 2.75) is 18.3 Å². The Bertz CT molecular complexity index is 1550. The maximum Gasteiger partial charge on any atom is 0.416 e. The first kappa shape index (κ1) is 34.7. The molecule has 45 heavy (non-hydrogen) atoms. The van der Waals surface area contributed by atoms with Crippen LogP contribution in [-0.4, -0.2) is 76.7 Å². The summed E-state index contributed by atoms with van der Waals surface area (Å²) in [6, 6.07) is 15.1. The molecule has 238 valence electrons. The number of nitrogens with one attached hydrogen (secondary N) is 2. The normalized spacial score (nSPS) is 13.6. The van der Waals surface area contributed by atoms with Gasteiger partial charge in [0.15, 0.2) is 6.29 Å². The summed E-state index contributed by atoms with van der Waals surface area (Å²) in [6.07, 6.45) is -3.34. The summed E-state index contributed by atoms with van der Waals surface area (Å²) in [4.78, 5) is 42.0. The van der Waals surface area contributed by atoms with E-state index in [1.807, 2.05) is 25.1 Å². The lowest BCUT2D eigenvalue weighted by atomic mass is 9.84. The summed E-state index contributed by atoms with van der Waals surface area (Å²) in [5.41, 5.74) is -0.112. The van der Waals surface area contributed by atoms with Crippen LogP contribution >= 0.6 is 0 Å². The van der Waals surface area contributed by atoms with Gasteiger partial charge in [-0.05, 0) is 75.2 Å². The maximum atomic E-state index is 15.0. The highest BCUT2D eigenvalue weighted by molar-refractivity contribution is 6.04. The van der Waals surface area contributed by atoms with E-state index in [9.17, 15) is 27.6 Å². The van der Waals surface area contributed by atoms with Gasteiger partial charge in [-0.15, -0.1) is 0 Å². The average molecular weight is 627 g/mol. The number of nitriles is 1. The molecule has 2 N–H and O–H groups in total. The first-order chi connectivity index (χ1) is 21.4. The topological polar surface area (TPSA) is 109 Å². The van der Waals surface area contributed by atoms with Crippen LogP contribution in [0.3, 0.4) is 0 Å². The second kappa shape index (κ2) is 14.8. The third-order valence-electron chi connectivity index (χ3n) is 7.40. The molecule has 0 radical (unpaired) electrons. The summed E-state index contributed by atoms with van der Waals surface area (Å²) in [5, 5.41) is 14.8. The standard InChI is InChI=1S/C30H27F4N5O3.C2H7N/c1-36-26-9-8-24(14-22(26)17-41)38-18-29(19-38,37(2)16-20-3-6-23(7-4-20)30(32,33)34)28(42)39(11-12-40)27-10-5-21(15-35)13-25(27)31;1-3-2/h3-10,12-14,17,36H,11,16,18-19H2,1-2H3;3H,1-2H3. The molecule has 9 nitrogen and oxygen atoms in total. The van der Waals surface area contributed by atoms with Gasteiger partial charge in [-0.25, -0.2) is 4.39 Å². The van der Waals surface area contributed by atoms with E-state index >= 15 is 4.39 Å². The largest absolute Gasteiger partial charge is 0.416 e. The number of likely N-dealkylation sites (N-methyl/N-ethyl adjacent to an activating group) is 1. The summed E-state index contributed by atoms with van der Waals surface area (Å²) >= 11 is 0. The summed E-state index contributed by atoms with van der Waals surface area (Å²) in [5.74, 6) is -1.47. The molecule has 0 bridgehead atoms. The number of hydrogen-bond donors (Lipinski definition) is 2. The van der Waals surface area contributed by atoms with Gasteiger partial charge in [0.25, 0.3) is 5.91 Å². The fourth-order valence-electron chi connectivity index (χ4n) is 5.02. The number of anilines is 3. The molecule has 13 heteroatoms. The first-order valence-corrected chi connectivity index (χ1v) is 13.8. The Morgan fingerprint density at radius 1 is 1.04 bits per heavy atom. The number of carbonyl (C=O) groups excluding carboxylic acids is 3. The van der Waals surface area contributed by atoms with E-state index in [1.54, 1.807) is 37.2 Å². The molecule has 4 rings (SSSR count). The van der Waals surface area contributed by atoms with Gasteiger partial charge in [-0.1, -0.05) is 12.1 Å². The molecule has 1 amide bonds. The highest BCUT2D eigenvalue weighted by Gasteiger charge is 2.54. The number of carbonyl (C=O) groups is 3. The predicted octanol–water partition coefficient (Wildman–Crippen LogP) is 4.33. The van der Waals surface area contributed by atoms with Crippen LogP contribution in [0, 0.1) is 17.1 Å². The van der Waals surface area contributed by atoms with E-state index in [1.165, 1.54) is 24.3 Å². The van der Waals surface area contributed by atoms with Crippen molar-refractivity contribution in [3.63, 3.8) is 0 Å². The molecule has 1 fully saturated rings. The zero-order valence-corrected chi connectivity index (χ0v) is 25.3. The van der Waals surface area contributed by atoms with Crippen LogP contribution in [0.2, 0.25) is 0 Å². The van der Waals surface area contributed by atoms with E-state index in [4.69, 9.17) is 5.26 Å². The molecule has 0 unspecified atom stereocenters. The molecule has 1 aliphatic rings. The molecule has 3 aromatic carbocycles. The van der Waals surface area contributed by atoms with Gasteiger partial charge >= 0.3 is 6.18 Å². The second-order valence-corrected chi connectivity index (χ2v) is 10.4. The van der Waals surface area contributed by atoms with Gasteiger partial charge in [0, 0.05) is 43.6 Å². The molecule has 1 heterocycles. The van der Waals surface area contributed by atoms with E-state index in [-0.39, 0.29) is 30.9 Å². The molecule has 3 aromatic rings. The first-order valence-electron chi connectivity index (χ1n) is 13.8. The lowest BCUT2D eigenvalue weighted by molar-refractivity contribution is -0.137. The van der Waals surface area contributed by atoms with Crippen molar-refractivity contribution < 1.29 is 31.9 Å². The monoisotopic (exact) mass is 626 g/mol. The fraction of sp³-hybridized carbons (Fsp3) is 0.312. The Kier molecular flexibility index (Phi) is 11.4. The van der Waals surface area contributed by atoms with E-state index in [2.05, 4.69) is 10.6 Å². The number of hydrogen-bond acceptors (Lipinski definition) is 8. The van der Waals surface area contributed by atoms with Gasteiger partial charge in [0.05, 0.1) is 29.4 Å². The molecule has 0 atom stereocenters. The van der Waals surface area contributed by atoms with E-state index < -0.39 is 35.5 Å². The minimum Gasteiger partial charge on any atom is -0.388 e. The lowest BCUT2D eigenvalue weighted by Crippen LogP contribution is -2.76. The fourth-order valence-corrected chi connectivity index (χ4v) is 5.02. The minimum absolute atomic E-state index is 0.0368. The summed E-state index contributed by atoms with van der Waals surface area (Å²) in [7, 11) is 7.05. The Morgan fingerprint density at radius 3 is 2.20 bits per heavy atom. The third-order valence-corrected chi connectivity index (χ3v) is 7.40. The average Bonchev–Trinajstić information content (AvgIpc) is 2.99. The summed E-state index contributed by atoms with van der Waals surface area (Å²) < 4.78 is 54.3. The molecular formula is C32H34F4N6O3. The van der Waals surface area contributed by atoms with Crippen molar-refractivity contribution in [1.82, 2.24) is 10.2 Å². The molecular weight excluding hydrogens is 592 g/mol. The second-order valence-electron chi connectivity index (χ2n) is 10.4. The van der Waals surface area contributed by atoms with Gasteiger partial charge < -0.3 is 25.2 Å². The Hall–Kier alpha value is -4.80. The van der Waals surface area contributed by atoms with Crippen molar-refractivity contribution in [3.8, 4) is 6.07 Å². The number of benzene rings is 3. The van der Waals surface area contributed by atoms with Gasteiger partial charge in [0.1, 0.15) is 17.6 Å². The number of halogens is 4. The van der Waals surface area contributed by atoms with Crippen molar-refractivity contribution in [2.75, 3.05) is 62.9 Å². The molecule has 0 aliphatic carbocycles. The Morgan fingerprint density at radius 2 is 1.69 bits per heavy atom. The van der Waals surface area contributed by atoms with Gasteiger partial charge in [0.2, 0.25) is 0 Å². The molecule has 0 aromatic heterocycles. The number of alkyl halides is 3. The van der Waals surface area contributed by atoms with Crippen LogP contribution in [0.4, 0.5) is 34.6 Å². The quantitative estimate of drug-likeness (QED) is 0.253. The molecule has 0 saturated carbocycles. The summed E-state index contributed by atoms with van der Waals surface area (Å²) in [6.45, 7) is -0.245. The van der Waals surface area contributed by atoms with Crippen molar-refractivity contribution in [1.29, 1.82) is 5.26 Å². The van der Waals surface area contributed by atoms with Crippen molar-refractivity contribution in [2.24, 2.45) is 0 Å². The Balaban J connectivity index is 0.00000177. The van der Waals surface area contributed by atoms with Crippen LogP contribution in [0.25, 0.3) is 0 Å². The lowest BCUT2D eigenvalue weighted by Gasteiger charge is -2.55. The molecule has 0 spiro atoms. The van der Waals surface area contributed by atoms with Crippen LogP contribution in [0.15, 0.2) is 60.7 Å². The zero-order chi connectivity index (χ0) is 33.4. The van der Waals surface area contributed by atoms with Gasteiger partial charge in [-0.3, -0.25) is 14.5 Å². The number of rotatable bonds is 10. The highest BCUT2D eigenvalue weighted by atomic mass is 19.4. The van der Waals surface area contributed by atoms with Gasteiger partial charge in [-0.2, -0.15) is 18.4 Å². The van der Waals surface area contributed by atoms with Crippen molar-refractivity contribution in [3.05, 3.63) is 88.7 Å². The van der Waals surface area contributed by atoms with Crippen LogP contribution < -0.4 is 20.4 Å². The molecule has 1 saturated heterocycles. The highest BCUT2D eigenvalue weighted by Crippen LogP contribution is 2.37. The van der Waals surface area contributed by atoms with E-state index in [0.717, 1.165) is 23.1 Å². The number of nitrogens with zero attached hydrogens (tertiary/aromatic N) is 4. The van der Waals surface area contributed by atoms with Crippen LogP contribution in [0.5, 0.6) is 0 Å². The van der Waals surface area contributed by atoms with E-state index in [0.29, 0.717) is 35.1 Å². The van der Waals surface area contributed by atoms with Crippen molar-refractivity contribution >= 4 is 35.5 Å². The SMILES string of the molecule is CNC.CNc1ccc(N2CC(C(=O)N(CC=O)c3ccc(C#N)cc3F)(N(C)Cc3ccc(C(F)(F)F)cc3)C2)cc1C=O. The predicted molar refractivity (Wildman–Crippen MR) is 164 cm³/mol. The smallest absolute Gasteiger partial charge is 0.388 e. The van der Waals surface area contributed by atoms with Crippen LogP contribution in [-0.2, 0) is 22.3 Å². The molecule has 1 aliphatic heterocycles.